The fourth-order valence-electron chi connectivity index (χ4n) is 1.36. The van der Waals surface area contributed by atoms with Gasteiger partial charge in [0.25, 0.3) is 0 Å². The van der Waals surface area contributed by atoms with Gasteiger partial charge in [-0.25, -0.2) is 0 Å². The summed E-state index contributed by atoms with van der Waals surface area (Å²) in [7, 11) is 0. The Kier molecular flexibility index (Phi) is 6.39. The molecule has 0 aliphatic carbocycles. The highest BCUT2D eigenvalue weighted by Crippen LogP contribution is 2.13. The molecule has 4 nitrogen and oxygen atoms in total. The van der Waals surface area contributed by atoms with E-state index >= 15 is 0 Å². The lowest BCUT2D eigenvalue weighted by Gasteiger charge is -2.07. The van der Waals surface area contributed by atoms with Gasteiger partial charge in [-0.05, 0) is 23.8 Å². The van der Waals surface area contributed by atoms with Gasteiger partial charge in [0.1, 0.15) is 6.29 Å². The van der Waals surface area contributed by atoms with Crippen LogP contribution in [-0.2, 0) is 6.54 Å². The molecule has 1 rings (SSSR count). The Hall–Kier alpha value is -1.30. The highest BCUT2D eigenvalue weighted by molar-refractivity contribution is 7.99. The van der Waals surface area contributed by atoms with Crippen LogP contribution in [0, 0.1) is 0 Å². The van der Waals surface area contributed by atoms with Crippen LogP contribution in [0.5, 0.6) is 0 Å². The van der Waals surface area contributed by atoms with Gasteiger partial charge in [-0.15, -0.1) is 18.3 Å². The molecule has 0 atom stereocenters. The van der Waals surface area contributed by atoms with E-state index < -0.39 is 0 Å². The van der Waals surface area contributed by atoms with Gasteiger partial charge in [-0.2, -0.15) is 0 Å². The van der Waals surface area contributed by atoms with E-state index in [9.17, 15) is 4.79 Å². The summed E-state index contributed by atoms with van der Waals surface area (Å²) in [4.78, 5) is 10.7. The molecule has 0 unspecified atom stereocenters. The number of anilines is 1. The summed E-state index contributed by atoms with van der Waals surface area (Å²) in [5.74, 6) is 1.73. The van der Waals surface area contributed by atoms with Crippen molar-refractivity contribution in [1.29, 1.82) is 0 Å². The predicted molar refractivity (Wildman–Crippen MR) is 71.6 cm³/mol. The number of carbonyl (C=O) groups excluding carboxylic acids is 1. The second-order valence-corrected chi connectivity index (χ2v) is 4.45. The van der Waals surface area contributed by atoms with Crippen molar-refractivity contribution >= 4 is 23.7 Å². The Morgan fingerprint density at radius 1 is 1.41 bits per heavy atom. The number of hydrogen-bond donors (Lipinski definition) is 3. The number of aldehydes is 1. The minimum Gasteiger partial charge on any atom is -0.304 e. The summed E-state index contributed by atoms with van der Waals surface area (Å²) in [6.45, 7) is 4.29. The van der Waals surface area contributed by atoms with Gasteiger partial charge in [0, 0.05) is 23.7 Å². The normalized spacial score (nSPS) is 9.94. The van der Waals surface area contributed by atoms with Crippen LogP contribution in [-0.4, -0.2) is 23.1 Å². The lowest BCUT2D eigenvalue weighted by molar-refractivity contribution is 0.112. The predicted octanol–water partition coefficient (Wildman–Crippen LogP) is 2.27. The van der Waals surface area contributed by atoms with E-state index in [-0.39, 0.29) is 0 Å². The SMILES string of the molecule is C=CCSCNCc1cc(C=O)cc(NO)c1. The molecule has 0 saturated heterocycles. The van der Waals surface area contributed by atoms with Gasteiger partial charge in [0.05, 0.1) is 5.69 Å². The van der Waals surface area contributed by atoms with Crippen LogP contribution in [0.2, 0.25) is 0 Å². The highest BCUT2D eigenvalue weighted by atomic mass is 32.2. The Morgan fingerprint density at radius 2 is 2.24 bits per heavy atom. The van der Waals surface area contributed by atoms with E-state index in [1.807, 2.05) is 11.6 Å². The molecule has 0 aliphatic heterocycles. The molecule has 0 radical (unpaired) electrons. The molecule has 0 aromatic heterocycles. The number of carbonyl (C=O) groups is 1. The maximum Gasteiger partial charge on any atom is 0.150 e. The molecule has 0 bridgehead atoms. The standard InChI is InChI=1S/C12H16N2O2S/c1-2-3-17-9-13-7-10-4-11(8-15)6-12(5-10)14-16/h2,4-6,8,13-14,16H,1,3,7,9H2. The maximum absolute atomic E-state index is 10.7. The number of thioether (sulfide) groups is 1. The molecule has 17 heavy (non-hydrogen) atoms. The first-order chi connectivity index (χ1) is 8.30. The van der Waals surface area contributed by atoms with E-state index in [0.29, 0.717) is 17.8 Å². The topological polar surface area (TPSA) is 61.4 Å². The fourth-order valence-corrected chi connectivity index (χ4v) is 1.89. The molecule has 0 aliphatic rings. The zero-order valence-electron chi connectivity index (χ0n) is 9.48. The average Bonchev–Trinajstić information content (AvgIpc) is 2.38. The van der Waals surface area contributed by atoms with Crippen LogP contribution >= 0.6 is 11.8 Å². The molecular formula is C12H16N2O2S. The first-order valence-corrected chi connectivity index (χ1v) is 6.34. The molecule has 1 aromatic carbocycles. The Morgan fingerprint density at radius 3 is 2.88 bits per heavy atom. The van der Waals surface area contributed by atoms with Gasteiger partial charge in [0.2, 0.25) is 0 Å². The van der Waals surface area contributed by atoms with E-state index in [0.717, 1.165) is 23.5 Å². The summed E-state index contributed by atoms with van der Waals surface area (Å²) in [6, 6.07) is 5.17. The Bertz CT molecular complexity index is 383. The summed E-state index contributed by atoms with van der Waals surface area (Å²) >= 11 is 1.73. The molecule has 0 heterocycles. The lowest BCUT2D eigenvalue weighted by Crippen LogP contribution is -2.12. The second kappa shape index (κ2) is 7.89. The van der Waals surface area contributed by atoms with Gasteiger partial charge in [-0.3, -0.25) is 15.5 Å². The van der Waals surface area contributed by atoms with Crippen LogP contribution in [0.4, 0.5) is 5.69 Å². The number of nitrogens with one attached hydrogen (secondary N) is 2. The van der Waals surface area contributed by atoms with Gasteiger partial charge >= 0.3 is 0 Å². The number of benzene rings is 1. The van der Waals surface area contributed by atoms with Crippen molar-refractivity contribution in [2.75, 3.05) is 17.1 Å². The van der Waals surface area contributed by atoms with Crippen LogP contribution in [0.3, 0.4) is 0 Å². The largest absolute Gasteiger partial charge is 0.304 e. The van der Waals surface area contributed by atoms with Gasteiger partial charge in [0.15, 0.2) is 0 Å². The zero-order chi connectivity index (χ0) is 12.5. The van der Waals surface area contributed by atoms with Gasteiger partial charge < -0.3 is 5.32 Å². The molecule has 5 heteroatoms. The smallest absolute Gasteiger partial charge is 0.150 e. The highest BCUT2D eigenvalue weighted by Gasteiger charge is 2.00. The van der Waals surface area contributed by atoms with Crippen molar-refractivity contribution in [3.05, 3.63) is 42.0 Å². The fraction of sp³-hybridized carbons (Fsp3) is 0.250. The van der Waals surface area contributed by atoms with Crippen molar-refractivity contribution in [3.8, 4) is 0 Å². The van der Waals surface area contributed by atoms with Crippen molar-refractivity contribution in [3.63, 3.8) is 0 Å². The van der Waals surface area contributed by atoms with Gasteiger partial charge in [-0.1, -0.05) is 6.08 Å². The summed E-state index contributed by atoms with van der Waals surface area (Å²) in [5.41, 5.74) is 4.06. The van der Waals surface area contributed by atoms with Crippen LogP contribution in [0.25, 0.3) is 0 Å². The average molecular weight is 252 g/mol. The zero-order valence-corrected chi connectivity index (χ0v) is 10.3. The Labute approximate surface area is 105 Å². The maximum atomic E-state index is 10.7. The summed E-state index contributed by atoms with van der Waals surface area (Å²) in [6.07, 6.45) is 2.62. The van der Waals surface area contributed by atoms with Crippen molar-refractivity contribution in [2.45, 2.75) is 6.54 Å². The van der Waals surface area contributed by atoms with E-state index in [1.165, 1.54) is 0 Å². The van der Waals surface area contributed by atoms with Crippen molar-refractivity contribution in [1.82, 2.24) is 5.32 Å². The Balaban J connectivity index is 2.51. The first-order valence-electron chi connectivity index (χ1n) is 5.18. The van der Waals surface area contributed by atoms with Crippen LogP contribution < -0.4 is 10.8 Å². The third kappa shape index (κ3) is 5.04. The molecule has 0 amide bonds. The van der Waals surface area contributed by atoms with Crippen molar-refractivity contribution < 1.29 is 10.0 Å². The minimum atomic E-state index is 0.519. The molecule has 1 aromatic rings. The number of hydrogen-bond acceptors (Lipinski definition) is 5. The molecular weight excluding hydrogens is 236 g/mol. The number of rotatable bonds is 8. The van der Waals surface area contributed by atoms with Crippen LogP contribution in [0.15, 0.2) is 30.9 Å². The molecule has 0 saturated carbocycles. The molecule has 0 spiro atoms. The van der Waals surface area contributed by atoms with Crippen LogP contribution in [0.1, 0.15) is 15.9 Å². The second-order valence-electron chi connectivity index (χ2n) is 3.42. The minimum absolute atomic E-state index is 0.519. The first kappa shape index (κ1) is 13.8. The monoisotopic (exact) mass is 252 g/mol. The quantitative estimate of drug-likeness (QED) is 0.218. The van der Waals surface area contributed by atoms with E-state index in [4.69, 9.17) is 5.21 Å². The van der Waals surface area contributed by atoms with E-state index in [2.05, 4.69) is 11.9 Å². The summed E-state index contributed by atoms with van der Waals surface area (Å²) in [5, 5.41) is 12.1. The molecule has 92 valence electrons. The lowest BCUT2D eigenvalue weighted by atomic mass is 10.1. The van der Waals surface area contributed by atoms with E-state index in [1.54, 1.807) is 30.0 Å². The summed E-state index contributed by atoms with van der Waals surface area (Å²) < 4.78 is 0. The molecule has 0 fully saturated rings. The third-order valence-corrected chi connectivity index (χ3v) is 2.93. The molecule has 3 N–H and O–H groups in total. The van der Waals surface area contributed by atoms with Crippen molar-refractivity contribution in [2.24, 2.45) is 0 Å². The third-order valence-electron chi connectivity index (χ3n) is 2.05.